The van der Waals surface area contributed by atoms with Gasteiger partial charge >= 0.3 is 0 Å². The highest BCUT2D eigenvalue weighted by molar-refractivity contribution is 5.10. The van der Waals surface area contributed by atoms with Gasteiger partial charge < -0.3 is 0 Å². The summed E-state index contributed by atoms with van der Waals surface area (Å²) in [5, 5.41) is 18.4. The lowest BCUT2D eigenvalue weighted by molar-refractivity contribution is 0.222. The Kier molecular flexibility index (Phi) is 8.22. The molecule has 1 aromatic heterocycles. The van der Waals surface area contributed by atoms with Crippen LogP contribution >= 0.6 is 0 Å². The third kappa shape index (κ3) is 5.89. The van der Waals surface area contributed by atoms with Gasteiger partial charge in [-0.25, -0.2) is 0 Å². The zero-order valence-electron chi connectivity index (χ0n) is 15.5. The van der Waals surface area contributed by atoms with Crippen molar-refractivity contribution in [2.24, 2.45) is 17.8 Å². The molecule has 0 spiro atoms. The monoisotopic (exact) mass is 327 g/mol. The second-order valence-electron chi connectivity index (χ2n) is 7.48. The van der Waals surface area contributed by atoms with Gasteiger partial charge in [-0.2, -0.15) is 15.5 Å². The minimum absolute atomic E-state index is 0.104. The summed E-state index contributed by atoms with van der Waals surface area (Å²) in [6.07, 6.45) is 13.1. The molecule has 0 aliphatic heterocycles. The molecule has 2 rings (SSSR count). The van der Waals surface area contributed by atoms with Crippen LogP contribution in [0.4, 0.5) is 0 Å². The SMILES string of the molecule is CCCCCc1ccc(CC(C#N)[C@H]2CC[C@H](CCC)CC2)nn1. The lowest BCUT2D eigenvalue weighted by Crippen LogP contribution is -2.23. The Bertz CT molecular complexity index is 495. The molecule has 24 heavy (non-hydrogen) atoms. The summed E-state index contributed by atoms with van der Waals surface area (Å²) in [5.74, 6) is 1.55. The maximum Gasteiger partial charge on any atom is 0.0662 e. The Morgan fingerprint density at radius 2 is 1.75 bits per heavy atom. The van der Waals surface area contributed by atoms with Crippen molar-refractivity contribution < 1.29 is 0 Å². The zero-order valence-corrected chi connectivity index (χ0v) is 15.5. The number of nitrogens with zero attached hydrogens (tertiary/aromatic N) is 3. The molecule has 0 amide bonds. The predicted molar refractivity (Wildman–Crippen MR) is 98.4 cm³/mol. The topological polar surface area (TPSA) is 49.6 Å². The van der Waals surface area contributed by atoms with Gasteiger partial charge in [0, 0.05) is 6.42 Å². The van der Waals surface area contributed by atoms with E-state index < -0.39 is 0 Å². The molecule has 132 valence electrons. The van der Waals surface area contributed by atoms with E-state index in [-0.39, 0.29) is 5.92 Å². The van der Waals surface area contributed by atoms with Crippen LogP contribution in [0.1, 0.15) is 83.0 Å². The van der Waals surface area contributed by atoms with E-state index in [2.05, 4.69) is 42.2 Å². The molecule has 1 unspecified atom stereocenters. The van der Waals surface area contributed by atoms with Crippen molar-refractivity contribution in [2.75, 3.05) is 0 Å². The minimum atomic E-state index is 0.104. The van der Waals surface area contributed by atoms with Gasteiger partial charge in [-0.15, -0.1) is 0 Å². The van der Waals surface area contributed by atoms with Gasteiger partial charge in [0.15, 0.2) is 0 Å². The number of hydrogen-bond donors (Lipinski definition) is 0. The Morgan fingerprint density at radius 3 is 2.33 bits per heavy atom. The summed E-state index contributed by atoms with van der Waals surface area (Å²) in [7, 11) is 0. The molecule has 1 aromatic rings. The van der Waals surface area contributed by atoms with Crippen LogP contribution in [0.25, 0.3) is 0 Å². The van der Waals surface area contributed by atoms with Gasteiger partial charge in [0.05, 0.1) is 23.4 Å². The van der Waals surface area contributed by atoms with Crippen molar-refractivity contribution in [3.63, 3.8) is 0 Å². The summed E-state index contributed by atoms with van der Waals surface area (Å²) in [6.45, 7) is 4.49. The van der Waals surface area contributed by atoms with Gasteiger partial charge in [0.25, 0.3) is 0 Å². The summed E-state index contributed by atoms with van der Waals surface area (Å²) in [6, 6.07) is 6.74. The van der Waals surface area contributed by atoms with Gasteiger partial charge in [-0.3, -0.25) is 0 Å². The van der Waals surface area contributed by atoms with E-state index in [9.17, 15) is 5.26 Å². The van der Waals surface area contributed by atoms with Crippen molar-refractivity contribution in [1.29, 1.82) is 5.26 Å². The van der Waals surface area contributed by atoms with E-state index in [0.29, 0.717) is 5.92 Å². The van der Waals surface area contributed by atoms with Crippen molar-refractivity contribution in [3.8, 4) is 6.07 Å². The first-order valence-electron chi connectivity index (χ1n) is 9.97. The van der Waals surface area contributed by atoms with Crippen LogP contribution in [0.15, 0.2) is 12.1 Å². The first kappa shape index (κ1) is 18.9. The van der Waals surface area contributed by atoms with Gasteiger partial charge in [-0.1, -0.05) is 52.4 Å². The highest BCUT2D eigenvalue weighted by Gasteiger charge is 2.27. The number of aryl methyl sites for hydroxylation is 1. The van der Waals surface area contributed by atoms with Gasteiger partial charge in [0.2, 0.25) is 0 Å². The summed E-state index contributed by atoms with van der Waals surface area (Å²) < 4.78 is 0. The average molecular weight is 328 g/mol. The molecule has 1 fully saturated rings. The average Bonchev–Trinajstić information content (AvgIpc) is 2.62. The highest BCUT2D eigenvalue weighted by atomic mass is 15.1. The van der Waals surface area contributed by atoms with Gasteiger partial charge in [0.1, 0.15) is 0 Å². The normalized spacial score (nSPS) is 22.0. The van der Waals surface area contributed by atoms with Crippen LogP contribution < -0.4 is 0 Å². The van der Waals surface area contributed by atoms with Crippen molar-refractivity contribution >= 4 is 0 Å². The lowest BCUT2D eigenvalue weighted by Gasteiger charge is -2.30. The Hall–Kier alpha value is -1.43. The second-order valence-corrected chi connectivity index (χ2v) is 7.48. The maximum atomic E-state index is 9.61. The predicted octanol–water partition coefficient (Wildman–Crippen LogP) is 5.50. The molecule has 0 saturated heterocycles. The first-order valence-corrected chi connectivity index (χ1v) is 9.97. The van der Waals surface area contributed by atoms with Crippen molar-refractivity contribution in [2.45, 2.75) is 84.5 Å². The number of nitriles is 1. The summed E-state index contributed by atoms with van der Waals surface area (Å²) in [5.41, 5.74) is 2.07. The molecule has 1 heterocycles. The van der Waals surface area contributed by atoms with Crippen molar-refractivity contribution in [1.82, 2.24) is 10.2 Å². The van der Waals surface area contributed by atoms with E-state index >= 15 is 0 Å². The van der Waals surface area contributed by atoms with E-state index in [1.54, 1.807) is 0 Å². The molecule has 0 radical (unpaired) electrons. The Morgan fingerprint density at radius 1 is 1.04 bits per heavy atom. The summed E-state index contributed by atoms with van der Waals surface area (Å²) >= 11 is 0. The van der Waals surface area contributed by atoms with Crippen LogP contribution in [-0.2, 0) is 12.8 Å². The minimum Gasteiger partial charge on any atom is -0.198 e. The maximum absolute atomic E-state index is 9.61. The first-order chi connectivity index (χ1) is 11.8. The standard InChI is InChI=1S/C21H33N3/c1-3-5-6-8-20-13-14-21(24-23-20)15-19(16-22)18-11-9-17(7-4-2)10-12-18/h13-14,17-19H,3-12,15H2,1-2H3/t17-,18-,19?. The van der Waals surface area contributed by atoms with Gasteiger partial charge in [-0.05, 0) is 49.7 Å². The van der Waals surface area contributed by atoms with Crippen LogP contribution in [0, 0.1) is 29.1 Å². The molecule has 0 N–H and O–H groups in total. The second kappa shape index (κ2) is 10.4. The Labute approximate surface area is 147 Å². The lowest BCUT2D eigenvalue weighted by atomic mass is 9.74. The molecular formula is C21H33N3. The smallest absolute Gasteiger partial charge is 0.0662 e. The molecule has 0 aromatic carbocycles. The fourth-order valence-corrected chi connectivity index (χ4v) is 4.02. The third-order valence-corrected chi connectivity index (χ3v) is 5.56. The van der Waals surface area contributed by atoms with Crippen LogP contribution in [0.5, 0.6) is 0 Å². The number of aromatic nitrogens is 2. The molecule has 0 bridgehead atoms. The fourth-order valence-electron chi connectivity index (χ4n) is 4.02. The molecule has 1 atom stereocenters. The number of unbranched alkanes of at least 4 members (excludes halogenated alkanes) is 2. The van der Waals surface area contributed by atoms with Crippen molar-refractivity contribution in [3.05, 3.63) is 23.5 Å². The largest absolute Gasteiger partial charge is 0.198 e. The molecular weight excluding hydrogens is 294 g/mol. The molecule has 3 nitrogen and oxygen atoms in total. The van der Waals surface area contributed by atoms with Crippen LogP contribution in [-0.4, -0.2) is 10.2 Å². The molecule has 3 heteroatoms. The quantitative estimate of drug-likeness (QED) is 0.563. The summed E-state index contributed by atoms with van der Waals surface area (Å²) in [4.78, 5) is 0. The fraction of sp³-hybridized carbons (Fsp3) is 0.762. The zero-order chi connectivity index (χ0) is 17.2. The highest BCUT2D eigenvalue weighted by Crippen LogP contribution is 2.36. The molecule has 1 saturated carbocycles. The number of hydrogen-bond acceptors (Lipinski definition) is 3. The van der Waals surface area contributed by atoms with Crippen LogP contribution in [0.2, 0.25) is 0 Å². The van der Waals surface area contributed by atoms with Crippen LogP contribution in [0.3, 0.4) is 0 Å². The van der Waals surface area contributed by atoms with E-state index in [1.165, 1.54) is 57.8 Å². The molecule has 1 aliphatic carbocycles. The molecule has 1 aliphatic rings. The third-order valence-electron chi connectivity index (χ3n) is 5.56. The van der Waals surface area contributed by atoms with E-state index in [4.69, 9.17) is 0 Å². The van der Waals surface area contributed by atoms with E-state index in [1.807, 2.05) is 0 Å². The number of rotatable bonds is 9. The van der Waals surface area contributed by atoms with E-state index in [0.717, 1.165) is 30.1 Å². The Balaban J connectivity index is 1.83.